The van der Waals surface area contributed by atoms with E-state index in [0.717, 1.165) is 12.8 Å². The molecule has 1 N–H and O–H groups in total. The summed E-state index contributed by atoms with van der Waals surface area (Å²) in [5.74, 6) is 0. The van der Waals surface area contributed by atoms with Crippen molar-refractivity contribution in [3.63, 3.8) is 0 Å². The van der Waals surface area contributed by atoms with Crippen LogP contribution in [0.4, 0.5) is 0 Å². The van der Waals surface area contributed by atoms with E-state index in [4.69, 9.17) is 5.26 Å². The number of hydrogen-bond acceptors (Lipinski definition) is 5. The maximum absolute atomic E-state index is 12.4. The number of nitrogens with one attached hydrogen (secondary N) is 1. The highest BCUT2D eigenvalue weighted by molar-refractivity contribution is 9.10. The Balaban J connectivity index is 2.14. The van der Waals surface area contributed by atoms with Gasteiger partial charge in [-0.1, -0.05) is 0 Å². The normalized spacial score (nSPS) is 11.2. The number of hydrogen-bond donors (Lipinski definition) is 1. The number of H-pyrrole nitrogens is 1. The molecule has 20 heavy (non-hydrogen) atoms. The molecule has 0 saturated heterocycles. The van der Waals surface area contributed by atoms with Gasteiger partial charge in [-0.2, -0.15) is 5.26 Å². The zero-order valence-corrected chi connectivity index (χ0v) is 12.0. The number of unbranched alkanes of at least 4 members (excludes halogenated alkanes) is 2. The number of nitrogens with zero attached hydrogens (tertiary/aromatic N) is 6. The number of rotatable bonds is 4. The lowest BCUT2D eigenvalue weighted by molar-refractivity contribution is 0.597. The molecule has 0 saturated carbocycles. The van der Waals surface area contributed by atoms with Gasteiger partial charge in [0.25, 0.3) is 0 Å². The molecular formula is C11H10BrN7O. The maximum Gasteiger partial charge on any atom is 0.336 e. The SMILES string of the molecule is N#CCCCCn1c(=O)n2cnnc2c2nc(Br)[nH]c21. The van der Waals surface area contributed by atoms with Crippen molar-refractivity contribution in [2.45, 2.75) is 25.8 Å². The molecular weight excluding hydrogens is 326 g/mol. The van der Waals surface area contributed by atoms with Gasteiger partial charge in [0.1, 0.15) is 12.0 Å². The number of aromatic amines is 1. The van der Waals surface area contributed by atoms with E-state index in [-0.39, 0.29) is 5.69 Å². The molecule has 9 heteroatoms. The van der Waals surface area contributed by atoms with Crippen molar-refractivity contribution in [1.29, 1.82) is 5.26 Å². The largest absolute Gasteiger partial charge is 0.336 e. The van der Waals surface area contributed by atoms with Gasteiger partial charge in [-0.3, -0.25) is 4.57 Å². The number of aryl methyl sites for hydroxylation is 1. The van der Waals surface area contributed by atoms with Crippen LogP contribution in [-0.4, -0.2) is 29.1 Å². The minimum absolute atomic E-state index is 0.217. The van der Waals surface area contributed by atoms with Gasteiger partial charge in [-0.15, -0.1) is 10.2 Å². The van der Waals surface area contributed by atoms with Crippen molar-refractivity contribution in [3.05, 3.63) is 21.5 Å². The molecule has 8 nitrogen and oxygen atoms in total. The molecule has 0 amide bonds. The van der Waals surface area contributed by atoms with Gasteiger partial charge in [0.2, 0.25) is 0 Å². The van der Waals surface area contributed by atoms with Gasteiger partial charge in [0, 0.05) is 13.0 Å². The minimum Gasteiger partial charge on any atom is -0.318 e. The lowest BCUT2D eigenvalue weighted by Crippen LogP contribution is -2.27. The highest BCUT2D eigenvalue weighted by atomic mass is 79.9. The summed E-state index contributed by atoms with van der Waals surface area (Å²) < 4.78 is 3.51. The van der Waals surface area contributed by atoms with E-state index >= 15 is 0 Å². The van der Waals surface area contributed by atoms with Crippen molar-refractivity contribution < 1.29 is 0 Å². The molecule has 3 rings (SSSR count). The summed E-state index contributed by atoms with van der Waals surface area (Å²) in [5, 5.41) is 16.2. The zero-order valence-electron chi connectivity index (χ0n) is 10.4. The van der Waals surface area contributed by atoms with Gasteiger partial charge in [-0.05, 0) is 28.8 Å². The standard InChI is InChI=1S/C11H10BrN7O/c12-10-15-7-8(16-10)18(5-3-1-2-4-13)11(20)19-6-14-17-9(7)19/h6H,1-3,5H2,(H,15,16). The van der Waals surface area contributed by atoms with Crippen molar-refractivity contribution in [3.8, 4) is 6.07 Å². The van der Waals surface area contributed by atoms with Gasteiger partial charge in [-0.25, -0.2) is 14.2 Å². The molecule has 0 spiro atoms. The monoisotopic (exact) mass is 335 g/mol. The fourth-order valence-electron chi connectivity index (χ4n) is 2.13. The summed E-state index contributed by atoms with van der Waals surface area (Å²) in [6, 6.07) is 2.10. The molecule has 0 aliphatic rings. The topological polar surface area (TPSA) is 105 Å². The lowest BCUT2D eigenvalue weighted by Gasteiger charge is -2.06. The first-order valence-corrected chi connectivity index (χ1v) is 6.86. The van der Waals surface area contributed by atoms with Gasteiger partial charge in [0.05, 0.1) is 6.07 Å². The third-order valence-electron chi connectivity index (χ3n) is 3.04. The Bertz CT molecular complexity index is 869. The summed E-state index contributed by atoms with van der Waals surface area (Å²) >= 11 is 3.27. The summed E-state index contributed by atoms with van der Waals surface area (Å²) in [5.41, 5.74) is 1.42. The van der Waals surface area contributed by atoms with E-state index < -0.39 is 0 Å². The Morgan fingerprint density at radius 2 is 2.30 bits per heavy atom. The summed E-state index contributed by atoms with van der Waals surface area (Å²) in [6.45, 7) is 0.514. The van der Waals surface area contributed by atoms with Crippen LogP contribution in [0.3, 0.4) is 0 Å². The highest BCUT2D eigenvalue weighted by Gasteiger charge is 2.15. The number of imidazole rings is 1. The molecule has 0 aliphatic heterocycles. The molecule has 0 radical (unpaired) electrons. The lowest BCUT2D eigenvalue weighted by atomic mass is 10.2. The predicted octanol–water partition coefficient (Wildman–Crippen LogP) is 1.22. The van der Waals surface area contributed by atoms with Crippen LogP contribution in [-0.2, 0) is 6.54 Å². The van der Waals surface area contributed by atoms with Crippen LogP contribution in [0.1, 0.15) is 19.3 Å². The number of halogens is 1. The molecule has 0 unspecified atom stereocenters. The minimum atomic E-state index is -0.217. The molecule has 0 bridgehead atoms. The second-order valence-corrected chi connectivity index (χ2v) is 5.05. The first-order valence-electron chi connectivity index (χ1n) is 6.07. The molecule has 0 aromatic carbocycles. The highest BCUT2D eigenvalue weighted by Crippen LogP contribution is 2.17. The predicted molar refractivity (Wildman–Crippen MR) is 74.1 cm³/mol. The first kappa shape index (κ1) is 12.8. The van der Waals surface area contributed by atoms with E-state index in [9.17, 15) is 4.79 Å². The molecule has 0 aliphatic carbocycles. The average molecular weight is 336 g/mol. The Kier molecular flexibility index (Phi) is 3.23. The van der Waals surface area contributed by atoms with Crippen LogP contribution in [0.25, 0.3) is 16.8 Å². The van der Waals surface area contributed by atoms with Gasteiger partial charge < -0.3 is 4.98 Å². The Morgan fingerprint density at radius 3 is 3.10 bits per heavy atom. The van der Waals surface area contributed by atoms with Crippen LogP contribution in [0.2, 0.25) is 0 Å². The quantitative estimate of drug-likeness (QED) is 0.570. The van der Waals surface area contributed by atoms with Crippen LogP contribution >= 0.6 is 15.9 Å². The van der Waals surface area contributed by atoms with Crippen LogP contribution in [0.15, 0.2) is 15.9 Å². The summed E-state index contributed by atoms with van der Waals surface area (Å²) in [7, 11) is 0. The second-order valence-electron chi connectivity index (χ2n) is 4.30. The first-order chi connectivity index (χ1) is 9.72. The smallest absolute Gasteiger partial charge is 0.318 e. The molecule has 3 aromatic rings. The fraction of sp³-hybridized carbons (Fsp3) is 0.364. The molecule has 3 heterocycles. The Labute approximate surface area is 121 Å². The number of nitriles is 1. The summed E-state index contributed by atoms with van der Waals surface area (Å²) in [4.78, 5) is 19.7. The Hall–Kier alpha value is -2.21. The number of aromatic nitrogens is 6. The molecule has 0 atom stereocenters. The average Bonchev–Trinajstić information content (AvgIpc) is 3.03. The van der Waals surface area contributed by atoms with Crippen LogP contribution in [0, 0.1) is 11.3 Å². The van der Waals surface area contributed by atoms with E-state index in [1.807, 2.05) is 0 Å². The van der Waals surface area contributed by atoms with E-state index in [1.165, 1.54) is 10.7 Å². The van der Waals surface area contributed by atoms with E-state index in [0.29, 0.717) is 34.5 Å². The molecule has 3 aromatic heterocycles. The third-order valence-corrected chi connectivity index (χ3v) is 3.42. The third kappa shape index (κ3) is 1.98. The summed E-state index contributed by atoms with van der Waals surface area (Å²) in [6.07, 6.45) is 3.36. The van der Waals surface area contributed by atoms with Gasteiger partial charge in [0.15, 0.2) is 15.9 Å². The fourth-order valence-corrected chi connectivity index (χ4v) is 2.50. The molecule has 102 valence electrons. The second kappa shape index (κ2) is 5.05. The van der Waals surface area contributed by atoms with Crippen molar-refractivity contribution in [2.24, 2.45) is 0 Å². The Morgan fingerprint density at radius 1 is 1.45 bits per heavy atom. The zero-order chi connectivity index (χ0) is 14.1. The van der Waals surface area contributed by atoms with Crippen molar-refractivity contribution in [2.75, 3.05) is 0 Å². The van der Waals surface area contributed by atoms with E-state index in [1.54, 1.807) is 4.57 Å². The van der Waals surface area contributed by atoms with Crippen LogP contribution < -0.4 is 5.69 Å². The van der Waals surface area contributed by atoms with Gasteiger partial charge >= 0.3 is 5.69 Å². The van der Waals surface area contributed by atoms with E-state index in [2.05, 4.69) is 42.2 Å². The molecule has 0 fully saturated rings. The number of fused-ring (bicyclic) bond motifs is 3. The van der Waals surface area contributed by atoms with Crippen molar-refractivity contribution >= 4 is 32.7 Å². The maximum atomic E-state index is 12.4. The van der Waals surface area contributed by atoms with Crippen molar-refractivity contribution in [1.82, 2.24) is 29.1 Å². The van der Waals surface area contributed by atoms with Crippen LogP contribution in [0.5, 0.6) is 0 Å².